The van der Waals surface area contributed by atoms with E-state index in [0.29, 0.717) is 18.0 Å². The number of benzene rings is 1. The number of alkyl halides is 3. The summed E-state index contributed by atoms with van der Waals surface area (Å²) in [5.41, 5.74) is 0.804. The second-order valence-corrected chi connectivity index (χ2v) is 4.35. The molecule has 0 aromatic heterocycles. The van der Waals surface area contributed by atoms with Gasteiger partial charge in [0, 0.05) is 0 Å². The lowest BCUT2D eigenvalue weighted by atomic mass is 10.1. The number of ether oxygens (including phenoxy) is 3. The Balaban J connectivity index is 2.00. The quantitative estimate of drug-likeness (QED) is 0.874. The first-order valence-corrected chi connectivity index (χ1v) is 6.27. The molecule has 112 valence electrons. The van der Waals surface area contributed by atoms with Gasteiger partial charge < -0.3 is 19.5 Å². The van der Waals surface area contributed by atoms with Crippen molar-refractivity contribution in [2.45, 2.75) is 19.1 Å². The third-order valence-corrected chi connectivity index (χ3v) is 2.80. The summed E-state index contributed by atoms with van der Waals surface area (Å²) in [6.45, 7) is 1.35. The van der Waals surface area contributed by atoms with Crippen molar-refractivity contribution in [2.75, 3.05) is 26.6 Å². The second kappa shape index (κ2) is 6.32. The van der Waals surface area contributed by atoms with Gasteiger partial charge in [0.1, 0.15) is 6.61 Å². The van der Waals surface area contributed by atoms with Gasteiger partial charge in [0.2, 0.25) is 6.79 Å². The van der Waals surface area contributed by atoms with Crippen LogP contribution < -0.4 is 14.8 Å². The molecular formula is C13H16F3NO3. The Morgan fingerprint density at radius 2 is 2.05 bits per heavy atom. The van der Waals surface area contributed by atoms with E-state index in [1.807, 2.05) is 6.92 Å². The Hall–Kier alpha value is -1.47. The fraction of sp³-hybridized carbons (Fsp3) is 0.538. The van der Waals surface area contributed by atoms with Gasteiger partial charge in [-0.15, -0.1) is 0 Å². The number of fused-ring (bicyclic) bond motifs is 1. The zero-order valence-electron chi connectivity index (χ0n) is 11.0. The average Bonchev–Trinajstić information content (AvgIpc) is 2.83. The third-order valence-electron chi connectivity index (χ3n) is 2.80. The third kappa shape index (κ3) is 4.01. The first-order chi connectivity index (χ1) is 9.49. The summed E-state index contributed by atoms with van der Waals surface area (Å²) in [5, 5.41) is 3.09. The summed E-state index contributed by atoms with van der Waals surface area (Å²) in [6.07, 6.45) is -4.31. The summed E-state index contributed by atoms with van der Waals surface area (Å²) in [7, 11) is 0. The maximum Gasteiger partial charge on any atom is 0.411 e. The Morgan fingerprint density at radius 3 is 2.75 bits per heavy atom. The number of hydrogen-bond donors (Lipinski definition) is 1. The van der Waals surface area contributed by atoms with Crippen molar-refractivity contribution in [2.24, 2.45) is 0 Å². The van der Waals surface area contributed by atoms with Crippen LogP contribution in [-0.4, -0.2) is 32.7 Å². The summed E-state index contributed by atoms with van der Waals surface area (Å²) in [4.78, 5) is 0. The van der Waals surface area contributed by atoms with Gasteiger partial charge in [-0.25, -0.2) is 0 Å². The Kier molecular flexibility index (Phi) is 4.72. The van der Waals surface area contributed by atoms with Gasteiger partial charge in [-0.1, -0.05) is 13.0 Å². The topological polar surface area (TPSA) is 39.7 Å². The van der Waals surface area contributed by atoms with E-state index < -0.39 is 12.8 Å². The van der Waals surface area contributed by atoms with Crippen LogP contribution in [0.3, 0.4) is 0 Å². The number of rotatable bonds is 6. The fourth-order valence-corrected chi connectivity index (χ4v) is 1.94. The number of hydrogen-bond acceptors (Lipinski definition) is 4. The van der Waals surface area contributed by atoms with E-state index in [0.717, 1.165) is 5.56 Å². The van der Waals surface area contributed by atoms with Crippen molar-refractivity contribution >= 4 is 0 Å². The maximum atomic E-state index is 12.1. The number of nitrogens with one attached hydrogen (secondary N) is 1. The summed E-state index contributed by atoms with van der Waals surface area (Å²) < 4.78 is 51.5. The zero-order valence-corrected chi connectivity index (χ0v) is 11.0. The normalized spacial score (nSPS) is 15.4. The highest BCUT2D eigenvalue weighted by molar-refractivity contribution is 5.45. The van der Waals surface area contributed by atoms with Crippen LogP contribution in [-0.2, 0) is 4.74 Å². The molecule has 0 bridgehead atoms. The lowest BCUT2D eigenvalue weighted by Gasteiger charge is -2.19. The van der Waals surface area contributed by atoms with E-state index in [-0.39, 0.29) is 19.4 Å². The molecule has 1 unspecified atom stereocenters. The van der Waals surface area contributed by atoms with Gasteiger partial charge in [-0.3, -0.25) is 0 Å². The molecule has 1 aliphatic heterocycles. The van der Waals surface area contributed by atoms with Gasteiger partial charge in [0.05, 0.1) is 12.6 Å². The predicted molar refractivity (Wildman–Crippen MR) is 65.9 cm³/mol. The van der Waals surface area contributed by atoms with E-state index in [1.54, 1.807) is 18.2 Å². The van der Waals surface area contributed by atoms with E-state index in [4.69, 9.17) is 14.2 Å². The Morgan fingerprint density at radius 1 is 1.30 bits per heavy atom. The molecule has 1 N–H and O–H groups in total. The van der Waals surface area contributed by atoms with Crippen molar-refractivity contribution in [1.29, 1.82) is 0 Å². The van der Waals surface area contributed by atoms with Crippen molar-refractivity contribution in [1.82, 2.24) is 5.32 Å². The van der Waals surface area contributed by atoms with Crippen LogP contribution in [0.4, 0.5) is 13.2 Å². The lowest BCUT2D eigenvalue weighted by Crippen LogP contribution is -2.28. The van der Waals surface area contributed by atoms with Gasteiger partial charge in [0.15, 0.2) is 11.5 Å². The highest BCUT2D eigenvalue weighted by atomic mass is 19.4. The SMILES string of the molecule is CCNC(COCC(F)(F)F)c1ccc2c(c1)OCO2. The number of likely N-dealkylation sites (N-methyl/N-ethyl adjacent to an activating group) is 1. The minimum absolute atomic E-state index is 0.0625. The summed E-state index contributed by atoms with van der Waals surface area (Å²) >= 11 is 0. The Bertz CT molecular complexity index is 451. The van der Waals surface area contributed by atoms with Gasteiger partial charge >= 0.3 is 6.18 Å². The molecule has 0 fully saturated rings. The maximum absolute atomic E-state index is 12.1. The van der Waals surface area contributed by atoms with Crippen LogP contribution in [0.15, 0.2) is 18.2 Å². The monoisotopic (exact) mass is 291 g/mol. The molecule has 4 nitrogen and oxygen atoms in total. The van der Waals surface area contributed by atoms with Crippen molar-refractivity contribution in [3.05, 3.63) is 23.8 Å². The molecule has 2 rings (SSSR count). The van der Waals surface area contributed by atoms with Gasteiger partial charge in [-0.2, -0.15) is 13.2 Å². The molecule has 1 atom stereocenters. The van der Waals surface area contributed by atoms with Gasteiger partial charge in [0.25, 0.3) is 0 Å². The molecule has 0 spiro atoms. The molecule has 0 radical (unpaired) electrons. The van der Waals surface area contributed by atoms with Crippen LogP contribution in [0.25, 0.3) is 0 Å². The molecule has 1 aliphatic rings. The molecule has 0 saturated heterocycles. The standard InChI is InChI=1S/C13H16F3NO3/c1-2-17-10(6-18-7-13(14,15)16)9-3-4-11-12(5-9)20-8-19-11/h3-5,10,17H,2,6-8H2,1H3. The summed E-state index contributed by atoms with van der Waals surface area (Å²) in [6, 6.07) is 4.97. The summed E-state index contributed by atoms with van der Waals surface area (Å²) in [5.74, 6) is 1.24. The molecule has 0 saturated carbocycles. The largest absolute Gasteiger partial charge is 0.454 e. The number of halogens is 3. The van der Waals surface area contributed by atoms with Crippen molar-refractivity contribution in [3.8, 4) is 11.5 Å². The lowest BCUT2D eigenvalue weighted by molar-refractivity contribution is -0.175. The van der Waals surface area contributed by atoms with Crippen molar-refractivity contribution < 1.29 is 27.4 Å². The average molecular weight is 291 g/mol. The molecule has 7 heteroatoms. The predicted octanol–water partition coefficient (Wildman–Crippen LogP) is 2.64. The fourth-order valence-electron chi connectivity index (χ4n) is 1.94. The second-order valence-electron chi connectivity index (χ2n) is 4.35. The van der Waals surface area contributed by atoms with Crippen LogP contribution in [0.2, 0.25) is 0 Å². The van der Waals surface area contributed by atoms with Crippen LogP contribution in [0.1, 0.15) is 18.5 Å². The van der Waals surface area contributed by atoms with E-state index >= 15 is 0 Å². The molecule has 1 heterocycles. The van der Waals surface area contributed by atoms with E-state index in [9.17, 15) is 13.2 Å². The molecule has 1 aromatic rings. The van der Waals surface area contributed by atoms with Crippen LogP contribution in [0, 0.1) is 0 Å². The molecular weight excluding hydrogens is 275 g/mol. The van der Waals surface area contributed by atoms with Gasteiger partial charge in [-0.05, 0) is 24.2 Å². The minimum Gasteiger partial charge on any atom is -0.454 e. The van der Waals surface area contributed by atoms with E-state index in [1.165, 1.54) is 0 Å². The first kappa shape index (κ1) is 14.9. The molecule has 1 aromatic carbocycles. The van der Waals surface area contributed by atoms with Crippen LogP contribution in [0.5, 0.6) is 11.5 Å². The van der Waals surface area contributed by atoms with Crippen molar-refractivity contribution in [3.63, 3.8) is 0 Å². The molecule has 0 amide bonds. The molecule has 0 aliphatic carbocycles. The smallest absolute Gasteiger partial charge is 0.411 e. The minimum atomic E-state index is -4.31. The van der Waals surface area contributed by atoms with Crippen LogP contribution >= 0.6 is 0 Å². The highest BCUT2D eigenvalue weighted by Gasteiger charge is 2.28. The van der Waals surface area contributed by atoms with E-state index in [2.05, 4.69) is 5.32 Å². The Labute approximate surface area is 114 Å². The first-order valence-electron chi connectivity index (χ1n) is 6.27. The zero-order chi connectivity index (χ0) is 14.6. The molecule has 20 heavy (non-hydrogen) atoms. The highest BCUT2D eigenvalue weighted by Crippen LogP contribution is 2.34.